The number of amides is 1. The highest BCUT2D eigenvalue weighted by Crippen LogP contribution is 2.35. The summed E-state index contributed by atoms with van der Waals surface area (Å²) in [5, 5.41) is 15.5. The zero-order valence-electron chi connectivity index (χ0n) is 23.0. The number of ether oxygens (including phenoxy) is 1. The fourth-order valence-electron chi connectivity index (χ4n) is 5.27. The van der Waals surface area contributed by atoms with Crippen molar-refractivity contribution in [3.8, 4) is 16.9 Å². The number of carbonyl (C=O) groups excluding carboxylic acids is 2. The Morgan fingerprint density at radius 2 is 1.95 bits per heavy atom. The number of anilines is 1. The molecule has 1 aliphatic heterocycles. The quantitative estimate of drug-likeness (QED) is 0.228. The summed E-state index contributed by atoms with van der Waals surface area (Å²) in [5.74, 6) is -0.132. The summed E-state index contributed by atoms with van der Waals surface area (Å²) in [6, 6.07) is 15.9. The van der Waals surface area contributed by atoms with Gasteiger partial charge in [-0.2, -0.15) is 9.67 Å². The Hall–Kier alpha value is -4.46. The molecule has 3 heterocycles. The fraction of sp³-hybridized carbons (Fsp3) is 0.312. The van der Waals surface area contributed by atoms with Gasteiger partial charge in [0.2, 0.25) is 5.91 Å². The molecular weight excluding hydrogens is 504 g/mol. The summed E-state index contributed by atoms with van der Waals surface area (Å²) in [4.78, 5) is 26.1. The van der Waals surface area contributed by atoms with Crippen LogP contribution in [0.15, 0.2) is 73.3 Å². The van der Waals surface area contributed by atoms with E-state index in [0.29, 0.717) is 32.5 Å². The Kier molecular flexibility index (Phi) is 8.24. The number of aromatic nitrogens is 3. The summed E-state index contributed by atoms with van der Waals surface area (Å²) in [6.45, 7) is 5.66. The van der Waals surface area contributed by atoms with Gasteiger partial charge >= 0.3 is 0 Å². The van der Waals surface area contributed by atoms with Crippen molar-refractivity contribution in [3.05, 3.63) is 95.6 Å². The van der Waals surface area contributed by atoms with Gasteiger partial charge in [0, 0.05) is 42.0 Å². The van der Waals surface area contributed by atoms with Crippen LogP contribution in [0.4, 0.5) is 5.69 Å². The molecule has 2 aromatic heterocycles. The lowest BCUT2D eigenvalue weighted by molar-refractivity contribution is -0.691. The normalized spacial score (nSPS) is 12.7. The van der Waals surface area contributed by atoms with Crippen LogP contribution in [-0.4, -0.2) is 34.8 Å². The van der Waals surface area contributed by atoms with Gasteiger partial charge in [-0.15, -0.1) is 0 Å². The largest absolute Gasteiger partial charge is 0.544 e. The maximum atomic E-state index is 13.3. The predicted octanol–water partition coefficient (Wildman–Crippen LogP) is 3.39. The second-order valence-corrected chi connectivity index (χ2v) is 10.3. The minimum absolute atomic E-state index is 0.118. The fourth-order valence-corrected chi connectivity index (χ4v) is 5.27. The van der Waals surface area contributed by atoms with Crippen molar-refractivity contribution in [2.45, 2.75) is 52.6 Å². The van der Waals surface area contributed by atoms with E-state index in [-0.39, 0.29) is 12.5 Å². The van der Waals surface area contributed by atoms with Crippen LogP contribution in [-0.2, 0) is 29.1 Å². The van der Waals surface area contributed by atoms with Crippen molar-refractivity contribution in [2.75, 3.05) is 18.1 Å². The third kappa shape index (κ3) is 6.22. The van der Waals surface area contributed by atoms with Gasteiger partial charge in [0.25, 0.3) is 0 Å². The van der Waals surface area contributed by atoms with E-state index in [1.165, 1.54) is 11.1 Å². The Balaban J connectivity index is 1.25. The van der Waals surface area contributed by atoms with Crippen molar-refractivity contribution < 1.29 is 24.0 Å². The summed E-state index contributed by atoms with van der Waals surface area (Å²) >= 11 is 0. The molecular formula is C32H34N4O4. The lowest BCUT2D eigenvalue weighted by atomic mass is 9.93. The average Bonchev–Trinajstić information content (AvgIpc) is 3.40. The highest BCUT2D eigenvalue weighted by Gasteiger charge is 2.24. The van der Waals surface area contributed by atoms with Gasteiger partial charge in [0.15, 0.2) is 18.9 Å². The van der Waals surface area contributed by atoms with E-state index in [1.54, 1.807) is 17.0 Å². The zero-order valence-corrected chi connectivity index (χ0v) is 23.0. The lowest BCUT2D eigenvalue weighted by Crippen LogP contribution is -2.43. The lowest BCUT2D eigenvalue weighted by Gasteiger charge is -2.31. The first kappa shape index (κ1) is 27.1. The van der Waals surface area contributed by atoms with Crippen LogP contribution in [0, 0.1) is 13.8 Å². The number of pyridine rings is 1. The number of carboxylic acids is 1. The molecule has 206 valence electrons. The van der Waals surface area contributed by atoms with E-state index in [9.17, 15) is 14.7 Å². The van der Waals surface area contributed by atoms with E-state index in [4.69, 9.17) is 4.74 Å². The Labute approximate surface area is 234 Å². The maximum Gasteiger partial charge on any atom is 0.227 e. The molecule has 0 bridgehead atoms. The molecule has 5 rings (SSSR count). The molecule has 0 spiro atoms. The number of nitrogens with zero attached hydrogens (tertiary/aromatic N) is 4. The molecule has 0 saturated heterocycles. The molecule has 0 atom stereocenters. The minimum Gasteiger partial charge on any atom is -0.544 e. The van der Waals surface area contributed by atoms with Gasteiger partial charge in [-0.05, 0) is 73.6 Å². The summed E-state index contributed by atoms with van der Waals surface area (Å²) in [6.07, 6.45) is 10.2. The second kappa shape index (κ2) is 12.2. The SMILES string of the molecule is Cc1cccc(OCCCC(=O)N2CCCc3c(-c4cnn(Cc5ccc[n+](CC(=O)[O-])c5)c4)cccc32)c1C. The summed E-state index contributed by atoms with van der Waals surface area (Å²) in [5.41, 5.74) is 7.49. The van der Waals surface area contributed by atoms with Crippen LogP contribution in [0.3, 0.4) is 0 Å². The molecule has 1 amide bonds. The van der Waals surface area contributed by atoms with Crippen LogP contribution in [0.2, 0.25) is 0 Å². The predicted molar refractivity (Wildman–Crippen MR) is 150 cm³/mol. The topological polar surface area (TPSA) is 91.4 Å². The van der Waals surface area contributed by atoms with Gasteiger partial charge in [-0.25, -0.2) is 0 Å². The summed E-state index contributed by atoms with van der Waals surface area (Å²) in [7, 11) is 0. The number of rotatable bonds is 10. The number of hydrogen-bond acceptors (Lipinski definition) is 5. The Bertz CT molecular complexity index is 1530. The molecule has 2 aromatic carbocycles. The molecule has 0 radical (unpaired) electrons. The zero-order chi connectivity index (χ0) is 28.1. The van der Waals surface area contributed by atoms with E-state index in [1.807, 2.05) is 58.4 Å². The number of fused-ring (bicyclic) bond motifs is 1. The third-order valence-corrected chi connectivity index (χ3v) is 7.42. The molecule has 0 unspecified atom stereocenters. The first-order valence-electron chi connectivity index (χ1n) is 13.7. The van der Waals surface area contributed by atoms with Crippen LogP contribution in [0.1, 0.15) is 41.5 Å². The minimum atomic E-state index is -1.13. The third-order valence-electron chi connectivity index (χ3n) is 7.42. The first-order valence-corrected chi connectivity index (χ1v) is 13.7. The number of aliphatic carboxylic acids is 1. The molecule has 40 heavy (non-hydrogen) atoms. The van der Waals surface area contributed by atoms with Crippen LogP contribution < -0.4 is 19.3 Å². The Morgan fingerprint density at radius 3 is 2.80 bits per heavy atom. The highest BCUT2D eigenvalue weighted by atomic mass is 16.5. The van der Waals surface area contributed by atoms with Crippen LogP contribution >= 0.6 is 0 Å². The van der Waals surface area contributed by atoms with Crippen LogP contribution in [0.25, 0.3) is 11.1 Å². The molecule has 0 fully saturated rings. The monoisotopic (exact) mass is 538 g/mol. The molecule has 1 aliphatic rings. The van der Waals surface area contributed by atoms with Crippen molar-refractivity contribution in [1.29, 1.82) is 0 Å². The van der Waals surface area contributed by atoms with Gasteiger partial charge in [0.05, 0.1) is 19.3 Å². The molecule has 0 aliphatic carbocycles. The molecule has 0 N–H and O–H groups in total. The van der Waals surface area contributed by atoms with Crippen LogP contribution in [0.5, 0.6) is 5.75 Å². The number of hydrogen-bond donors (Lipinski definition) is 0. The standard InChI is InChI=1S/C32H34N4O4/c1-23-8-3-13-30(24(23)2)40-17-7-14-31(37)36-16-6-11-28-27(10-4-12-29(28)36)26-18-33-35(21-26)20-25-9-5-15-34(19-25)22-32(38)39/h3-5,8-10,12-13,15,18-19,21H,6-7,11,14,16-17,20,22H2,1-2H3. The number of benzene rings is 2. The highest BCUT2D eigenvalue weighted by molar-refractivity contribution is 5.96. The summed E-state index contributed by atoms with van der Waals surface area (Å²) < 4.78 is 9.39. The van der Waals surface area contributed by atoms with Crippen molar-refractivity contribution in [3.63, 3.8) is 0 Å². The van der Waals surface area contributed by atoms with Gasteiger partial charge in [-0.3, -0.25) is 9.48 Å². The van der Waals surface area contributed by atoms with Gasteiger partial charge < -0.3 is 19.5 Å². The van der Waals surface area contributed by atoms with E-state index in [0.717, 1.165) is 46.5 Å². The van der Waals surface area contributed by atoms with E-state index < -0.39 is 5.97 Å². The van der Waals surface area contributed by atoms with Gasteiger partial charge in [-0.1, -0.05) is 24.3 Å². The average molecular weight is 539 g/mol. The number of aryl methyl sites for hydroxylation is 1. The number of carbonyl (C=O) groups is 2. The number of carboxylic acid groups (broad SMARTS) is 1. The molecule has 8 heteroatoms. The van der Waals surface area contributed by atoms with Gasteiger partial charge in [0.1, 0.15) is 11.7 Å². The van der Waals surface area contributed by atoms with Crippen molar-refractivity contribution >= 4 is 17.6 Å². The molecule has 8 nitrogen and oxygen atoms in total. The van der Waals surface area contributed by atoms with E-state index >= 15 is 0 Å². The molecule has 0 saturated carbocycles. The van der Waals surface area contributed by atoms with E-state index in [2.05, 4.69) is 31.1 Å². The smallest absolute Gasteiger partial charge is 0.227 e. The van der Waals surface area contributed by atoms with Crippen molar-refractivity contribution in [1.82, 2.24) is 9.78 Å². The second-order valence-electron chi connectivity index (χ2n) is 10.3. The molecule has 4 aromatic rings. The Morgan fingerprint density at radius 1 is 1.10 bits per heavy atom. The first-order chi connectivity index (χ1) is 19.4. The maximum absolute atomic E-state index is 13.3. The van der Waals surface area contributed by atoms with Crippen molar-refractivity contribution in [2.24, 2.45) is 0 Å².